The number of hydrogen-bond acceptors (Lipinski definition) is 5. The van der Waals surface area contributed by atoms with Gasteiger partial charge in [-0.3, -0.25) is 0 Å². The van der Waals surface area contributed by atoms with Gasteiger partial charge in [0.05, 0.1) is 29.5 Å². The lowest BCUT2D eigenvalue weighted by Crippen LogP contribution is -2.36. The molecule has 0 unspecified atom stereocenters. The van der Waals surface area contributed by atoms with E-state index in [0.29, 0.717) is 19.0 Å². The van der Waals surface area contributed by atoms with Crippen molar-refractivity contribution in [3.63, 3.8) is 0 Å². The zero-order valence-corrected chi connectivity index (χ0v) is 15.9. The predicted octanol–water partition coefficient (Wildman–Crippen LogP) is 3.54. The van der Waals surface area contributed by atoms with E-state index in [0.717, 1.165) is 40.3 Å². The summed E-state index contributed by atoms with van der Waals surface area (Å²) in [6, 6.07) is 0. The molecule has 2 N–H and O–H groups in total. The normalized spacial score (nSPS) is 12.0. The molecule has 0 aromatic carbocycles. The first-order valence-corrected chi connectivity index (χ1v) is 9.78. The molecule has 0 radical (unpaired) electrons. The van der Waals surface area contributed by atoms with Gasteiger partial charge in [-0.15, -0.1) is 22.7 Å². The van der Waals surface area contributed by atoms with Crippen LogP contribution < -0.4 is 10.6 Å². The average Bonchev–Trinajstić information content (AvgIpc) is 3.19. The Balaban J connectivity index is 1.92. The molecule has 0 saturated carbocycles. The highest BCUT2D eigenvalue weighted by Crippen LogP contribution is 2.17. The first-order chi connectivity index (χ1) is 11.1. The quantitative estimate of drug-likeness (QED) is 0.592. The molecular formula is C16H25N5S2. The summed E-state index contributed by atoms with van der Waals surface area (Å²) in [7, 11) is 0. The van der Waals surface area contributed by atoms with Crippen molar-refractivity contribution < 1.29 is 0 Å². The standard InChI is InChI=1S/C16H25N5S2/c1-5-14-20-12(9-22-14)7-18-16(17-6-2)19-8-15-21-13(10-23-15)11(3)4/h9-11H,5-8H2,1-4H3,(H2,17,18,19). The smallest absolute Gasteiger partial charge is 0.191 e. The van der Waals surface area contributed by atoms with E-state index >= 15 is 0 Å². The number of aliphatic imine (C=N–C) groups is 1. The van der Waals surface area contributed by atoms with Crippen molar-refractivity contribution in [3.05, 3.63) is 32.2 Å². The van der Waals surface area contributed by atoms with Crippen LogP contribution in [-0.4, -0.2) is 22.5 Å². The van der Waals surface area contributed by atoms with Crippen molar-refractivity contribution >= 4 is 28.6 Å². The van der Waals surface area contributed by atoms with Crippen molar-refractivity contribution in [2.75, 3.05) is 6.54 Å². The van der Waals surface area contributed by atoms with Gasteiger partial charge in [0.2, 0.25) is 0 Å². The number of thiazole rings is 2. The topological polar surface area (TPSA) is 62.2 Å². The molecule has 5 nitrogen and oxygen atoms in total. The molecule has 2 heterocycles. The predicted molar refractivity (Wildman–Crippen MR) is 99.4 cm³/mol. The maximum Gasteiger partial charge on any atom is 0.191 e. The lowest BCUT2D eigenvalue weighted by atomic mass is 10.2. The van der Waals surface area contributed by atoms with Crippen LogP contribution in [0.2, 0.25) is 0 Å². The van der Waals surface area contributed by atoms with Crippen molar-refractivity contribution in [2.24, 2.45) is 4.99 Å². The van der Waals surface area contributed by atoms with Gasteiger partial charge in [0.1, 0.15) is 5.01 Å². The third-order valence-corrected chi connectivity index (χ3v) is 5.12. The van der Waals surface area contributed by atoms with Crippen LogP contribution in [0.5, 0.6) is 0 Å². The van der Waals surface area contributed by atoms with Gasteiger partial charge in [-0.1, -0.05) is 20.8 Å². The minimum absolute atomic E-state index is 0.472. The zero-order valence-electron chi connectivity index (χ0n) is 14.2. The Bertz CT molecular complexity index is 630. The van der Waals surface area contributed by atoms with Crippen LogP contribution in [0.1, 0.15) is 55.0 Å². The van der Waals surface area contributed by atoms with E-state index in [4.69, 9.17) is 0 Å². The lowest BCUT2D eigenvalue weighted by Gasteiger charge is -2.09. The first-order valence-electron chi connectivity index (χ1n) is 8.02. The molecule has 2 rings (SSSR count). The molecule has 0 aliphatic heterocycles. The SMILES string of the molecule is CCNC(=NCc1csc(CC)n1)NCc1nc(C(C)C)cs1. The highest BCUT2D eigenvalue weighted by Gasteiger charge is 2.06. The van der Waals surface area contributed by atoms with Crippen LogP contribution in [-0.2, 0) is 19.5 Å². The van der Waals surface area contributed by atoms with Gasteiger partial charge >= 0.3 is 0 Å². The fraction of sp³-hybridized carbons (Fsp3) is 0.562. The van der Waals surface area contributed by atoms with Gasteiger partial charge in [0.25, 0.3) is 0 Å². The van der Waals surface area contributed by atoms with Crippen LogP contribution in [0.4, 0.5) is 0 Å². The molecule has 0 bridgehead atoms. The summed E-state index contributed by atoms with van der Waals surface area (Å²) in [6.07, 6.45) is 0.981. The number of aryl methyl sites for hydroxylation is 1. The van der Waals surface area contributed by atoms with Crippen LogP contribution >= 0.6 is 22.7 Å². The Hall–Kier alpha value is -1.47. The summed E-state index contributed by atoms with van der Waals surface area (Å²) in [5.74, 6) is 1.28. The summed E-state index contributed by atoms with van der Waals surface area (Å²) in [4.78, 5) is 13.8. The molecular weight excluding hydrogens is 326 g/mol. The molecule has 0 spiro atoms. The van der Waals surface area contributed by atoms with E-state index in [2.05, 4.69) is 64.0 Å². The molecule has 7 heteroatoms. The van der Waals surface area contributed by atoms with E-state index in [9.17, 15) is 0 Å². The number of hydrogen-bond donors (Lipinski definition) is 2. The summed E-state index contributed by atoms with van der Waals surface area (Å²) in [5, 5.41) is 13.1. The van der Waals surface area contributed by atoms with Crippen LogP contribution in [0.3, 0.4) is 0 Å². The van der Waals surface area contributed by atoms with E-state index in [1.54, 1.807) is 22.7 Å². The van der Waals surface area contributed by atoms with E-state index in [1.165, 1.54) is 0 Å². The third kappa shape index (κ3) is 5.58. The number of aromatic nitrogens is 2. The summed E-state index contributed by atoms with van der Waals surface area (Å²) in [5.41, 5.74) is 2.18. The lowest BCUT2D eigenvalue weighted by molar-refractivity contribution is 0.786. The summed E-state index contributed by atoms with van der Waals surface area (Å²) in [6.45, 7) is 10.6. The van der Waals surface area contributed by atoms with Gasteiger partial charge in [0.15, 0.2) is 5.96 Å². The molecule has 0 aliphatic rings. The van der Waals surface area contributed by atoms with Crippen molar-refractivity contribution in [3.8, 4) is 0 Å². The van der Waals surface area contributed by atoms with Crippen LogP contribution in [0.15, 0.2) is 15.8 Å². The number of rotatable bonds is 7. The van der Waals surface area contributed by atoms with Gasteiger partial charge in [-0.2, -0.15) is 0 Å². The van der Waals surface area contributed by atoms with E-state index < -0.39 is 0 Å². The van der Waals surface area contributed by atoms with Gasteiger partial charge in [0, 0.05) is 17.3 Å². The molecule has 0 atom stereocenters. The molecule has 0 aliphatic carbocycles. The molecule has 2 aromatic heterocycles. The Labute approximate surface area is 146 Å². The monoisotopic (exact) mass is 351 g/mol. The van der Waals surface area contributed by atoms with E-state index in [-0.39, 0.29) is 0 Å². The second-order valence-corrected chi connectivity index (χ2v) is 7.34. The summed E-state index contributed by atoms with van der Waals surface area (Å²) >= 11 is 3.39. The Morgan fingerprint density at radius 2 is 1.91 bits per heavy atom. The van der Waals surface area contributed by atoms with Crippen molar-refractivity contribution in [1.82, 2.24) is 20.6 Å². The van der Waals surface area contributed by atoms with Crippen molar-refractivity contribution in [1.29, 1.82) is 0 Å². The Kier molecular flexibility index (Phi) is 6.98. The van der Waals surface area contributed by atoms with E-state index in [1.807, 2.05) is 0 Å². The Morgan fingerprint density at radius 3 is 2.52 bits per heavy atom. The average molecular weight is 352 g/mol. The maximum absolute atomic E-state index is 4.64. The summed E-state index contributed by atoms with van der Waals surface area (Å²) < 4.78 is 0. The zero-order chi connectivity index (χ0) is 16.7. The highest BCUT2D eigenvalue weighted by molar-refractivity contribution is 7.09. The molecule has 126 valence electrons. The Morgan fingerprint density at radius 1 is 1.13 bits per heavy atom. The molecule has 23 heavy (non-hydrogen) atoms. The maximum atomic E-state index is 4.64. The second-order valence-electron chi connectivity index (χ2n) is 5.46. The second kappa shape index (κ2) is 8.98. The van der Waals surface area contributed by atoms with Gasteiger partial charge < -0.3 is 10.6 Å². The molecule has 0 fully saturated rings. The number of guanidine groups is 1. The number of nitrogens with one attached hydrogen (secondary N) is 2. The minimum atomic E-state index is 0.472. The molecule has 2 aromatic rings. The fourth-order valence-corrected chi connectivity index (χ4v) is 3.55. The largest absolute Gasteiger partial charge is 0.357 e. The first kappa shape index (κ1) is 17.9. The van der Waals surface area contributed by atoms with Gasteiger partial charge in [-0.05, 0) is 19.3 Å². The van der Waals surface area contributed by atoms with Gasteiger partial charge in [-0.25, -0.2) is 15.0 Å². The van der Waals surface area contributed by atoms with Crippen molar-refractivity contribution in [2.45, 2.75) is 53.1 Å². The van der Waals surface area contributed by atoms with Crippen LogP contribution in [0.25, 0.3) is 0 Å². The highest BCUT2D eigenvalue weighted by atomic mass is 32.1. The minimum Gasteiger partial charge on any atom is -0.357 e. The number of nitrogens with zero attached hydrogens (tertiary/aromatic N) is 3. The third-order valence-electron chi connectivity index (χ3n) is 3.21. The molecule has 0 amide bonds. The fourth-order valence-electron chi connectivity index (χ4n) is 1.92. The molecule has 0 saturated heterocycles. The van der Waals surface area contributed by atoms with Crippen LogP contribution in [0, 0.1) is 0 Å².